The number of hydrogen-bond donors (Lipinski definition) is 3. The van der Waals surface area contributed by atoms with Crippen molar-refractivity contribution in [2.75, 3.05) is 31.0 Å². The molecule has 0 aliphatic carbocycles. The molecule has 0 aliphatic rings. The average Bonchev–Trinajstić information content (AvgIpc) is 2.94. The maximum atomic E-state index is 12.3. The first-order valence-electron chi connectivity index (χ1n) is 12.5. The molecule has 0 heterocycles. The van der Waals surface area contributed by atoms with E-state index in [0.29, 0.717) is 45.3 Å². The highest BCUT2D eigenvalue weighted by Gasteiger charge is 2.15. The number of nitrogens with zero attached hydrogens (tertiary/aromatic N) is 1. The van der Waals surface area contributed by atoms with E-state index in [1.165, 1.54) is 13.3 Å². The number of hydrogen-bond acceptors (Lipinski definition) is 7. The molecule has 0 fully saturated rings. The first kappa shape index (κ1) is 30.2. The molecular formula is C29H31BrN4O6. The van der Waals surface area contributed by atoms with E-state index < -0.39 is 11.8 Å². The molecule has 3 N–H and O–H groups in total. The van der Waals surface area contributed by atoms with Crippen LogP contribution >= 0.6 is 15.9 Å². The predicted molar refractivity (Wildman–Crippen MR) is 157 cm³/mol. The molecule has 210 valence electrons. The predicted octanol–water partition coefficient (Wildman–Crippen LogP) is 5.05. The van der Waals surface area contributed by atoms with Crippen molar-refractivity contribution in [2.24, 2.45) is 5.10 Å². The lowest BCUT2D eigenvalue weighted by Gasteiger charge is -2.13. The Bertz CT molecular complexity index is 1340. The number of carbonyl (C=O) groups excluding carboxylic acids is 3. The molecule has 11 heteroatoms. The fourth-order valence-corrected chi connectivity index (χ4v) is 3.87. The van der Waals surface area contributed by atoms with E-state index in [2.05, 4.69) is 44.0 Å². The van der Waals surface area contributed by atoms with Gasteiger partial charge < -0.3 is 24.8 Å². The first-order chi connectivity index (χ1) is 19.3. The summed E-state index contributed by atoms with van der Waals surface area (Å²) in [5, 5.41) is 9.11. The Morgan fingerprint density at radius 1 is 0.925 bits per heavy atom. The van der Waals surface area contributed by atoms with Crippen LogP contribution in [0.5, 0.6) is 17.2 Å². The second kappa shape index (κ2) is 15.3. The summed E-state index contributed by atoms with van der Waals surface area (Å²) in [5.74, 6) is -0.799. The molecule has 40 heavy (non-hydrogen) atoms. The molecule has 10 nitrogen and oxygen atoms in total. The molecule has 0 saturated heterocycles. The number of anilines is 2. The molecule has 0 aromatic heterocycles. The minimum absolute atomic E-state index is 0.240. The standard InChI is InChI=1S/C29H31BrN4O6/c1-4-5-14-39-23-12-10-22(11-13-23)33-28(36)29(37)34-31-17-20-15-24(30)27(25(16-20)38-3)40-18-26(35)32-21-8-6-19(2)7-9-21/h6-13,15-17H,4-5,14,18H2,1-3H3,(H,32,35)(H,33,36)(H,34,37)/b31-17-. The summed E-state index contributed by atoms with van der Waals surface area (Å²) in [5.41, 5.74) is 4.93. The Balaban J connectivity index is 1.52. The van der Waals surface area contributed by atoms with Crippen molar-refractivity contribution in [2.45, 2.75) is 26.7 Å². The summed E-state index contributed by atoms with van der Waals surface area (Å²) in [4.78, 5) is 36.7. The number of benzene rings is 3. The van der Waals surface area contributed by atoms with E-state index in [-0.39, 0.29) is 12.5 Å². The number of halogens is 1. The zero-order valence-corrected chi connectivity index (χ0v) is 24.0. The zero-order chi connectivity index (χ0) is 28.9. The van der Waals surface area contributed by atoms with Crippen LogP contribution in [-0.2, 0) is 14.4 Å². The molecule has 3 aromatic rings. The van der Waals surface area contributed by atoms with Gasteiger partial charge in [0.05, 0.1) is 24.4 Å². The molecule has 0 radical (unpaired) electrons. The van der Waals surface area contributed by atoms with Gasteiger partial charge in [-0.2, -0.15) is 5.10 Å². The van der Waals surface area contributed by atoms with Gasteiger partial charge >= 0.3 is 11.8 Å². The molecule has 0 saturated carbocycles. The number of nitrogens with one attached hydrogen (secondary N) is 3. The fraction of sp³-hybridized carbons (Fsp3) is 0.241. The van der Waals surface area contributed by atoms with Gasteiger partial charge in [-0.1, -0.05) is 31.0 Å². The lowest BCUT2D eigenvalue weighted by atomic mass is 10.2. The minimum Gasteiger partial charge on any atom is -0.494 e. The topological polar surface area (TPSA) is 127 Å². The Morgan fingerprint density at radius 3 is 2.27 bits per heavy atom. The van der Waals surface area contributed by atoms with Crippen molar-refractivity contribution < 1.29 is 28.6 Å². The quantitative estimate of drug-likeness (QED) is 0.114. The minimum atomic E-state index is -0.940. The molecule has 3 amide bonds. The van der Waals surface area contributed by atoms with Gasteiger partial charge in [0.25, 0.3) is 5.91 Å². The Kier molecular flexibility index (Phi) is 11.5. The van der Waals surface area contributed by atoms with Crippen LogP contribution in [0.3, 0.4) is 0 Å². The van der Waals surface area contributed by atoms with Gasteiger partial charge in [0.2, 0.25) is 0 Å². The molecular weight excluding hydrogens is 580 g/mol. The molecule has 0 atom stereocenters. The van der Waals surface area contributed by atoms with E-state index in [0.717, 1.165) is 18.4 Å². The number of hydrazone groups is 1. The van der Waals surface area contributed by atoms with Crippen LogP contribution in [0.25, 0.3) is 0 Å². The Morgan fingerprint density at radius 2 is 1.60 bits per heavy atom. The van der Waals surface area contributed by atoms with Crippen molar-refractivity contribution in [3.05, 3.63) is 76.3 Å². The van der Waals surface area contributed by atoms with E-state index in [1.807, 2.05) is 31.2 Å². The lowest BCUT2D eigenvalue weighted by molar-refractivity contribution is -0.136. The Labute approximate surface area is 241 Å². The number of amides is 3. The molecule has 0 unspecified atom stereocenters. The van der Waals surface area contributed by atoms with Gasteiger partial charge in [-0.3, -0.25) is 14.4 Å². The number of methoxy groups -OCH3 is 1. The van der Waals surface area contributed by atoms with Crippen LogP contribution in [0, 0.1) is 6.92 Å². The molecule has 0 aliphatic heterocycles. The highest BCUT2D eigenvalue weighted by molar-refractivity contribution is 9.10. The summed E-state index contributed by atoms with van der Waals surface area (Å²) in [6, 6.07) is 17.4. The monoisotopic (exact) mass is 610 g/mol. The smallest absolute Gasteiger partial charge is 0.329 e. The summed E-state index contributed by atoms with van der Waals surface area (Å²) >= 11 is 3.41. The third-order valence-corrected chi connectivity index (χ3v) is 5.99. The van der Waals surface area contributed by atoms with Crippen LogP contribution < -0.4 is 30.3 Å². The highest BCUT2D eigenvalue weighted by Crippen LogP contribution is 2.36. The number of ether oxygens (including phenoxy) is 3. The van der Waals surface area contributed by atoms with E-state index in [9.17, 15) is 14.4 Å². The average molecular weight is 611 g/mol. The normalized spacial score (nSPS) is 10.6. The summed E-state index contributed by atoms with van der Waals surface area (Å²) in [7, 11) is 1.46. The van der Waals surface area contributed by atoms with Crippen LogP contribution in [-0.4, -0.2) is 44.3 Å². The lowest BCUT2D eigenvalue weighted by Crippen LogP contribution is -2.32. The molecule has 3 rings (SSSR count). The van der Waals surface area contributed by atoms with Crippen LogP contribution in [0.2, 0.25) is 0 Å². The van der Waals surface area contributed by atoms with Gasteiger partial charge in [0.15, 0.2) is 18.1 Å². The van der Waals surface area contributed by atoms with E-state index in [1.54, 1.807) is 36.4 Å². The maximum Gasteiger partial charge on any atom is 0.329 e. The Hall–Kier alpha value is -4.38. The van der Waals surface area contributed by atoms with Crippen LogP contribution in [0.15, 0.2) is 70.2 Å². The van der Waals surface area contributed by atoms with Crippen molar-refractivity contribution in [1.29, 1.82) is 0 Å². The zero-order valence-electron chi connectivity index (χ0n) is 22.5. The number of rotatable bonds is 12. The second-order valence-electron chi connectivity index (χ2n) is 8.62. The van der Waals surface area contributed by atoms with E-state index >= 15 is 0 Å². The van der Waals surface area contributed by atoms with Gasteiger partial charge in [0.1, 0.15) is 5.75 Å². The van der Waals surface area contributed by atoms with Gasteiger partial charge in [-0.25, -0.2) is 5.43 Å². The summed E-state index contributed by atoms with van der Waals surface area (Å²) in [6.45, 7) is 4.42. The third kappa shape index (κ3) is 9.42. The SMILES string of the molecule is CCCCOc1ccc(NC(=O)C(=O)N/N=C\c2cc(Br)c(OCC(=O)Nc3ccc(C)cc3)c(OC)c2)cc1. The molecule has 0 spiro atoms. The van der Waals surface area contributed by atoms with Gasteiger partial charge in [-0.05, 0) is 83.4 Å². The van der Waals surface area contributed by atoms with Crippen molar-refractivity contribution >= 4 is 51.2 Å². The van der Waals surface area contributed by atoms with Crippen molar-refractivity contribution in [1.82, 2.24) is 5.43 Å². The van der Waals surface area contributed by atoms with Gasteiger partial charge in [0, 0.05) is 11.4 Å². The van der Waals surface area contributed by atoms with Crippen molar-refractivity contribution in [3.8, 4) is 17.2 Å². The largest absolute Gasteiger partial charge is 0.494 e. The number of aryl methyl sites for hydroxylation is 1. The summed E-state index contributed by atoms with van der Waals surface area (Å²) < 4.78 is 17.1. The number of carbonyl (C=O) groups is 3. The van der Waals surface area contributed by atoms with Crippen LogP contribution in [0.1, 0.15) is 30.9 Å². The molecule has 3 aromatic carbocycles. The van der Waals surface area contributed by atoms with Crippen LogP contribution in [0.4, 0.5) is 11.4 Å². The fourth-order valence-electron chi connectivity index (χ4n) is 3.30. The maximum absolute atomic E-state index is 12.3. The third-order valence-electron chi connectivity index (χ3n) is 5.40. The van der Waals surface area contributed by atoms with E-state index in [4.69, 9.17) is 14.2 Å². The van der Waals surface area contributed by atoms with Gasteiger partial charge in [-0.15, -0.1) is 0 Å². The highest BCUT2D eigenvalue weighted by atomic mass is 79.9. The van der Waals surface area contributed by atoms with Crippen molar-refractivity contribution in [3.63, 3.8) is 0 Å². The molecule has 0 bridgehead atoms. The number of unbranched alkanes of at least 4 members (excludes halogenated alkanes) is 1. The summed E-state index contributed by atoms with van der Waals surface area (Å²) in [6.07, 6.45) is 3.33. The first-order valence-corrected chi connectivity index (χ1v) is 13.3. The second-order valence-corrected chi connectivity index (χ2v) is 9.47.